The van der Waals surface area contributed by atoms with Gasteiger partial charge in [-0.1, -0.05) is 18.2 Å². The highest BCUT2D eigenvalue weighted by Gasteiger charge is 2.15. The van der Waals surface area contributed by atoms with Crippen LogP contribution in [0.3, 0.4) is 0 Å². The summed E-state index contributed by atoms with van der Waals surface area (Å²) >= 11 is 0. The maximum Gasteiger partial charge on any atom is 0.275 e. The fourth-order valence-corrected chi connectivity index (χ4v) is 3.21. The Kier molecular flexibility index (Phi) is 3.68. The zero-order chi connectivity index (χ0) is 15.6. The molecular weight excluding hydrogens is 298 g/mol. The van der Waals surface area contributed by atoms with Gasteiger partial charge in [-0.2, -0.15) is 8.42 Å². The summed E-state index contributed by atoms with van der Waals surface area (Å²) in [6.45, 7) is 1.94. The number of nitrogens with one attached hydrogen (secondary N) is 1. The maximum atomic E-state index is 12.4. The Bertz CT molecular complexity index is 887. The van der Waals surface area contributed by atoms with E-state index >= 15 is 0 Å². The monoisotopic (exact) mass is 313 g/mol. The standard InChI is InChI=1S/C16H15N3O2S/c1-13-10-14(12-17-11-13)16-8-5-9-19(16)18-22(20,21)15-6-3-2-4-7-15/h2-12,18H,1H3. The molecule has 0 fully saturated rings. The first-order chi connectivity index (χ1) is 10.6. The van der Waals surface area contributed by atoms with Crippen LogP contribution in [0.15, 0.2) is 72.0 Å². The molecule has 2 heterocycles. The van der Waals surface area contributed by atoms with Crippen molar-refractivity contribution < 1.29 is 8.42 Å². The first-order valence-electron chi connectivity index (χ1n) is 6.73. The highest BCUT2D eigenvalue weighted by molar-refractivity contribution is 7.92. The van der Waals surface area contributed by atoms with Gasteiger partial charge in [0.1, 0.15) is 0 Å². The third-order valence-electron chi connectivity index (χ3n) is 3.19. The van der Waals surface area contributed by atoms with Gasteiger partial charge in [-0.05, 0) is 42.8 Å². The molecule has 0 aliphatic heterocycles. The van der Waals surface area contributed by atoms with Gasteiger partial charge in [-0.15, -0.1) is 0 Å². The van der Waals surface area contributed by atoms with Crippen molar-refractivity contribution in [2.45, 2.75) is 11.8 Å². The third kappa shape index (κ3) is 2.87. The van der Waals surface area contributed by atoms with E-state index in [2.05, 4.69) is 9.82 Å². The molecule has 0 saturated carbocycles. The van der Waals surface area contributed by atoms with E-state index in [0.29, 0.717) is 0 Å². The van der Waals surface area contributed by atoms with E-state index in [1.807, 2.05) is 19.1 Å². The van der Waals surface area contributed by atoms with Gasteiger partial charge < -0.3 is 0 Å². The SMILES string of the molecule is Cc1cncc(-c2cccn2NS(=O)(=O)c2ccccc2)c1. The molecule has 22 heavy (non-hydrogen) atoms. The highest BCUT2D eigenvalue weighted by atomic mass is 32.2. The molecule has 3 rings (SSSR count). The molecule has 0 atom stereocenters. The van der Waals surface area contributed by atoms with Crippen LogP contribution in [0.5, 0.6) is 0 Å². The maximum absolute atomic E-state index is 12.4. The van der Waals surface area contributed by atoms with E-state index in [1.165, 1.54) is 4.68 Å². The first kappa shape index (κ1) is 14.3. The number of sulfonamides is 1. The Hall–Kier alpha value is -2.60. The number of hydrogen-bond donors (Lipinski definition) is 1. The Morgan fingerprint density at radius 2 is 1.82 bits per heavy atom. The number of nitrogens with zero attached hydrogens (tertiary/aromatic N) is 2. The third-order valence-corrected chi connectivity index (χ3v) is 4.52. The van der Waals surface area contributed by atoms with Gasteiger partial charge in [0.25, 0.3) is 10.0 Å². The van der Waals surface area contributed by atoms with Crippen molar-refractivity contribution in [3.05, 3.63) is 72.7 Å². The van der Waals surface area contributed by atoms with Crippen LogP contribution in [0.1, 0.15) is 5.56 Å². The summed E-state index contributed by atoms with van der Waals surface area (Å²) in [4.78, 5) is 6.93. The van der Waals surface area contributed by atoms with Crippen molar-refractivity contribution in [3.63, 3.8) is 0 Å². The van der Waals surface area contributed by atoms with Crippen LogP contribution in [-0.2, 0) is 10.0 Å². The Morgan fingerprint density at radius 3 is 2.55 bits per heavy atom. The Morgan fingerprint density at radius 1 is 1.05 bits per heavy atom. The van der Waals surface area contributed by atoms with Crippen molar-refractivity contribution in [1.82, 2.24) is 9.66 Å². The predicted octanol–water partition coefficient (Wildman–Crippen LogP) is 2.79. The molecule has 0 bridgehead atoms. The number of aryl methyl sites for hydroxylation is 1. The number of benzene rings is 1. The van der Waals surface area contributed by atoms with Crippen LogP contribution in [0.25, 0.3) is 11.3 Å². The van der Waals surface area contributed by atoms with Crippen molar-refractivity contribution in [2.24, 2.45) is 0 Å². The predicted molar refractivity (Wildman–Crippen MR) is 85.4 cm³/mol. The van der Waals surface area contributed by atoms with Gasteiger partial charge in [0.05, 0.1) is 10.6 Å². The van der Waals surface area contributed by atoms with E-state index in [9.17, 15) is 8.42 Å². The molecule has 0 aliphatic carbocycles. The van der Waals surface area contributed by atoms with E-state index in [0.717, 1.165) is 16.8 Å². The second-order valence-electron chi connectivity index (χ2n) is 4.92. The zero-order valence-electron chi connectivity index (χ0n) is 12.0. The molecule has 2 aromatic heterocycles. The summed E-state index contributed by atoms with van der Waals surface area (Å²) in [6, 6.07) is 13.8. The van der Waals surface area contributed by atoms with Gasteiger partial charge >= 0.3 is 0 Å². The summed E-state index contributed by atoms with van der Waals surface area (Å²) in [7, 11) is -3.63. The molecule has 0 radical (unpaired) electrons. The minimum atomic E-state index is -3.63. The van der Waals surface area contributed by atoms with Crippen LogP contribution >= 0.6 is 0 Å². The van der Waals surface area contributed by atoms with E-state index in [1.54, 1.807) is 55.0 Å². The highest BCUT2D eigenvalue weighted by Crippen LogP contribution is 2.20. The van der Waals surface area contributed by atoms with Crippen LogP contribution in [0, 0.1) is 6.92 Å². The number of aromatic nitrogens is 2. The summed E-state index contributed by atoms with van der Waals surface area (Å²) in [6.07, 6.45) is 5.12. The topological polar surface area (TPSA) is 64.0 Å². The average molecular weight is 313 g/mol. The molecule has 0 saturated heterocycles. The lowest BCUT2D eigenvalue weighted by Crippen LogP contribution is -2.23. The second kappa shape index (κ2) is 5.65. The summed E-state index contributed by atoms with van der Waals surface area (Å²) < 4.78 is 26.3. The summed E-state index contributed by atoms with van der Waals surface area (Å²) in [5.41, 5.74) is 2.59. The van der Waals surface area contributed by atoms with Crippen molar-refractivity contribution in [1.29, 1.82) is 0 Å². The van der Waals surface area contributed by atoms with Crippen LogP contribution in [0.4, 0.5) is 0 Å². The molecule has 1 N–H and O–H groups in total. The first-order valence-corrected chi connectivity index (χ1v) is 8.22. The Labute approximate surface area is 129 Å². The average Bonchev–Trinajstić information content (AvgIpc) is 2.95. The fourth-order valence-electron chi connectivity index (χ4n) is 2.17. The molecule has 112 valence electrons. The normalized spacial score (nSPS) is 11.3. The van der Waals surface area contributed by atoms with E-state index in [4.69, 9.17) is 0 Å². The minimum Gasteiger partial charge on any atom is -0.264 e. The van der Waals surface area contributed by atoms with Gasteiger partial charge in [-0.3, -0.25) is 9.66 Å². The van der Waals surface area contributed by atoms with E-state index < -0.39 is 10.0 Å². The van der Waals surface area contributed by atoms with Crippen LogP contribution in [-0.4, -0.2) is 18.1 Å². The Balaban J connectivity index is 1.97. The zero-order valence-corrected chi connectivity index (χ0v) is 12.8. The van der Waals surface area contributed by atoms with Gasteiger partial charge in [0.15, 0.2) is 0 Å². The lowest BCUT2D eigenvalue weighted by atomic mass is 10.2. The minimum absolute atomic E-state index is 0.219. The summed E-state index contributed by atoms with van der Waals surface area (Å²) in [5.74, 6) is 0. The van der Waals surface area contributed by atoms with Crippen LogP contribution in [0.2, 0.25) is 0 Å². The fraction of sp³-hybridized carbons (Fsp3) is 0.0625. The quantitative estimate of drug-likeness (QED) is 0.805. The lowest BCUT2D eigenvalue weighted by Gasteiger charge is -2.13. The number of rotatable bonds is 4. The second-order valence-corrected chi connectivity index (χ2v) is 6.58. The van der Waals surface area contributed by atoms with Crippen LogP contribution < -0.4 is 4.83 Å². The lowest BCUT2D eigenvalue weighted by molar-refractivity contribution is 0.595. The molecular formula is C16H15N3O2S. The largest absolute Gasteiger partial charge is 0.275 e. The molecule has 5 nitrogen and oxygen atoms in total. The molecule has 0 amide bonds. The molecule has 1 aromatic carbocycles. The molecule has 0 spiro atoms. The molecule has 0 unspecified atom stereocenters. The van der Waals surface area contributed by atoms with E-state index in [-0.39, 0.29) is 4.90 Å². The smallest absolute Gasteiger partial charge is 0.264 e. The number of pyridine rings is 1. The molecule has 6 heteroatoms. The van der Waals surface area contributed by atoms with Crippen molar-refractivity contribution in [3.8, 4) is 11.3 Å². The van der Waals surface area contributed by atoms with Gasteiger partial charge in [-0.25, -0.2) is 4.83 Å². The van der Waals surface area contributed by atoms with Crippen molar-refractivity contribution in [2.75, 3.05) is 4.83 Å². The molecule has 3 aromatic rings. The van der Waals surface area contributed by atoms with Crippen molar-refractivity contribution >= 4 is 10.0 Å². The van der Waals surface area contributed by atoms with Gasteiger partial charge in [0.2, 0.25) is 0 Å². The summed E-state index contributed by atoms with van der Waals surface area (Å²) in [5, 5.41) is 0. The van der Waals surface area contributed by atoms with Gasteiger partial charge in [0, 0.05) is 24.2 Å². The molecule has 0 aliphatic rings. The number of hydrogen-bond acceptors (Lipinski definition) is 3.